The van der Waals surface area contributed by atoms with Crippen LogP contribution < -0.4 is 5.32 Å². The summed E-state index contributed by atoms with van der Waals surface area (Å²) in [5.74, 6) is -1.91. The first kappa shape index (κ1) is 14.3. The van der Waals surface area contributed by atoms with Crippen LogP contribution in [-0.4, -0.2) is 18.1 Å². The molecule has 0 aromatic carbocycles. The van der Waals surface area contributed by atoms with E-state index in [1.54, 1.807) is 34.6 Å². The summed E-state index contributed by atoms with van der Waals surface area (Å²) in [7, 11) is 0. The number of halogens is 3. The molecule has 0 saturated heterocycles. The maximum Gasteiger partial charge on any atom is 0.471 e. The van der Waals surface area contributed by atoms with E-state index < -0.39 is 23.5 Å². The van der Waals surface area contributed by atoms with Crippen LogP contribution in [0.25, 0.3) is 0 Å². The van der Waals surface area contributed by atoms with Crippen molar-refractivity contribution < 1.29 is 18.0 Å². The summed E-state index contributed by atoms with van der Waals surface area (Å²) in [6, 6.07) is -0.494. The zero-order chi connectivity index (χ0) is 12.4. The first-order chi connectivity index (χ1) is 6.46. The number of carbonyl (C=O) groups excluding carboxylic acids is 1. The molecular formula is C10H18F3NO. The maximum atomic E-state index is 12.0. The van der Waals surface area contributed by atoms with Gasteiger partial charge in [-0.3, -0.25) is 4.79 Å². The Hall–Kier alpha value is -0.740. The lowest BCUT2D eigenvalue weighted by atomic mass is 9.80. The predicted molar refractivity (Wildman–Crippen MR) is 52.3 cm³/mol. The molecule has 0 radical (unpaired) electrons. The first-order valence-corrected chi connectivity index (χ1v) is 4.84. The van der Waals surface area contributed by atoms with Gasteiger partial charge in [0.05, 0.1) is 0 Å². The minimum absolute atomic E-state index is 0.0451. The number of nitrogens with one attached hydrogen (secondary N) is 1. The summed E-state index contributed by atoms with van der Waals surface area (Å²) in [5.41, 5.74) is -0.394. The zero-order valence-corrected chi connectivity index (χ0v) is 9.70. The van der Waals surface area contributed by atoms with Crippen molar-refractivity contribution in [1.82, 2.24) is 5.32 Å². The average molecular weight is 225 g/mol. The van der Waals surface area contributed by atoms with Crippen LogP contribution in [0, 0.1) is 11.3 Å². The van der Waals surface area contributed by atoms with E-state index in [2.05, 4.69) is 0 Å². The van der Waals surface area contributed by atoms with Crippen molar-refractivity contribution in [3.63, 3.8) is 0 Å². The van der Waals surface area contributed by atoms with Gasteiger partial charge in [-0.1, -0.05) is 34.6 Å². The molecular weight excluding hydrogens is 207 g/mol. The molecule has 0 aromatic heterocycles. The Morgan fingerprint density at radius 2 is 1.53 bits per heavy atom. The van der Waals surface area contributed by atoms with Crippen LogP contribution in [0.1, 0.15) is 34.6 Å². The molecule has 0 saturated carbocycles. The van der Waals surface area contributed by atoms with Gasteiger partial charge in [-0.15, -0.1) is 0 Å². The normalized spacial score (nSPS) is 15.3. The Labute approximate surface area is 88.2 Å². The van der Waals surface area contributed by atoms with Crippen LogP contribution in [0.4, 0.5) is 13.2 Å². The summed E-state index contributed by atoms with van der Waals surface area (Å²) in [6.45, 7) is 8.97. The SMILES string of the molecule is CC(C)[C@@H](NC(=O)C(F)(F)F)C(C)(C)C. The lowest BCUT2D eigenvalue weighted by Gasteiger charge is -2.34. The van der Waals surface area contributed by atoms with Crippen LogP contribution in [-0.2, 0) is 4.79 Å². The highest BCUT2D eigenvalue weighted by molar-refractivity contribution is 5.82. The van der Waals surface area contributed by atoms with Gasteiger partial charge in [0.2, 0.25) is 0 Å². The van der Waals surface area contributed by atoms with Crippen LogP contribution >= 0.6 is 0 Å². The van der Waals surface area contributed by atoms with Crippen LogP contribution in [0.2, 0.25) is 0 Å². The Kier molecular flexibility index (Phi) is 4.19. The lowest BCUT2D eigenvalue weighted by Crippen LogP contribution is -2.51. The molecule has 0 rings (SSSR count). The van der Waals surface area contributed by atoms with Gasteiger partial charge >= 0.3 is 12.1 Å². The summed E-state index contributed by atoms with van der Waals surface area (Å²) >= 11 is 0. The average Bonchev–Trinajstić information content (AvgIpc) is 1.94. The topological polar surface area (TPSA) is 29.1 Å². The van der Waals surface area contributed by atoms with Crippen LogP contribution in [0.15, 0.2) is 0 Å². The number of hydrogen-bond acceptors (Lipinski definition) is 1. The fraction of sp³-hybridized carbons (Fsp3) is 0.900. The van der Waals surface area contributed by atoms with E-state index in [4.69, 9.17) is 0 Å². The maximum absolute atomic E-state index is 12.0. The van der Waals surface area contributed by atoms with E-state index >= 15 is 0 Å². The second-order valence-corrected chi connectivity index (χ2v) is 5.06. The van der Waals surface area contributed by atoms with Gasteiger partial charge in [0.15, 0.2) is 0 Å². The number of amides is 1. The molecule has 2 nitrogen and oxygen atoms in total. The molecule has 90 valence electrons. The summed E-state index contributed by atoms with van der Waals surface area (Å²) in [4.78, 5) is 10.8. The molecule has 0 bridgehead atoms. The standard InChI is InChI=1S/C10H18F3NO/c1-6(2)7(9(3,4)5)14-8(15)10(11,12)13/h6-7H,1-5H3,(H,14,15)/t7-/m1/s1. The van der Waals surface area contributed by atoms with Crippen molar-refractivity contribution in [1.29, 1.82) is 0 Å². The zero-order valence-electron chi connectivity index (χ0n) is 9.70. The van der Waals surface area contributed by atoms with Gasteiger partial charge in [0.1, 0.15) is 0 Å². The van der Waals surface area contributed by atoms with Gasteiger partial charge in [-0.25, -0.2) is 0 Å². The summed E-state index contributed by atoms with van der Waals surface area (Å²) in [5, 5.41) is 2.03. The molecule has 0 fully saturated rings. The second kappa shape index (κ2) is 4.41. The van der Waals surface area contributed by atoms with E-state index in [0.717, 1.165) is 0 Å². The summed E-state index contributed by atoms with van der Waals surface area (Å²) in [6.07, 6.45) is -4.81. The van der Waals surface area contributed by atoms with Crippen molar-refractivity contribution in [2.75, 3.05) is 0 Å². The van der Waals surface area contributed by atoms with Crippen molar-refractivity contribution in [2.24, 2.45) is 11.3 Å². The molecule has 0 aliphatic carbocycles. The smallest absolute Gasteiger partial charge is 0.345 e. The number of hydrogen-bond donors (Lipinski definition) is 1. The monoisotopic (exact) mass is 225 g/mol. The fourth-order valence-corrected chi connectivity index (χ4v) is 1.61. The third-order valence-electron chi connectivity index (χ3n) is 2.14. The van der Waals surface area contributed by atoms with E-state index in [1.165, 1.54) is 0 Å². The van der Waals surface area contributed by atoms with E-state index in [1.807, 2.05) is 5.32 Å². The Morgan fingerprint density at radius 1 is 1.13 bits per heavy atom. The first-order valence-electron chi connectivity index (χ1n) is 4.84. The van der Waals surface area contributed by atoms with Crippen LogP contribution in [0.5, 0.6) is 0 Å². The molecule has 1 amide bonds. The third kappa shape index (κ3) is 4.53. The van der Waals surface area contributed by atoms with Gasteiger partial charge in [-0.05, 0) is 11.3 Å². The van der Waals surface area contributed by atoms with Crippen molar-refractivity contribution >= 4 is 5.91 Å². The predicted octanol–water partition coefficient (Wildman–Crippen LogP) is 2.74. The lowest BCUT2D eigenvalue weighted by molar-refractivity contribution is -0.175. The highest BCUT2D eigenvalue weighted by Gasteiger charge is 2.42. The van der Waals surface area contributed by atoms with Gasteiger partial charge in [0.25, 0.3) is 0 Å². The molecule has 1 N–H and O–H groups in total. The van der Waals surface area contributed by atoms with Gasteiger partial charge in [-0.2, -0.15) is 13.2 Å². The largest absolute Gasteiger partial charge is 0.471 e. The van der Waals surface area contributed by atoms with Gasteiger partial charge in [0, 0.05) is 6.04 Å². The molecule has 5 heteroatoms. The third-order valence-corrected chi connectivity index (χ3v) is 2.14. The van der Waals surface area contributed by atoms with Crippen LogP contribution in [0.3, 0.4) is 0 Å². The van der Waals surface area contributed by atoms with Crippen molar-refractivity contribution in [3.8, 4) is 0 Å². The molecule has 15 heavy (non-hydrogen) atoms. The van der Waals surface area contributed by atoms with E-state index in [-0.39, 0.29) is 5.92 Å². The molecule has 1 atom stereocenters. The molecule has 0 aliphatic rings. The van der Waals surface area contributed by atoms with Gasteiger partial charge < -0.3 is 5.32 Å². The van der Waals surface area contributed by atoms with E-state index in [0.29, 0.717) is 0 Å². The Bertz CT molecular complexity index is 228. The minimum Gasteiger partial charge on any atom is -0.345 e. The quantitative estimate of drug-likeness (QED) is 0.769. The molecule has 0 aromatic rings. The highest BCUT2D eigenvalue weighted by Crippen LogP contribution is 2.26. The number of rotatable bonds is 2. The molecule has 0 aliphatic heterocycles. The summed E-state index contributed by atoms with van der Waals surface area (Å²) < 4.78 is 36.1. The Balaban J connectivity index is 4.66. The molecule has 0 heterocycles. The highest BCUT2D eigenvalue weighted by atomic mass is 19.4. The number of carbonyl (C=O) groups is 1. The number of alkyl halides is 3. The van der Waals surface area contributed by atoms with Crippen molar-refractivity contribution in [2.45, 2.75) is 46.8 Å². The Morgan fingerprint density at radius 3 is 1.73 bits per heavy atom. The second-order valence-electron chi connectivity index (χ2n) is 5.06. The fourth-order valence-electron chi connectivity index (χ4n) is 1.61. The van der Waals surface area contributed by atoms with E-state index in [9.17, 15) is 18.0 Å². The van der Waals surface area contributed by atoms with Crippen molar-refractivity contribution in [3.05, 3.63) is 0 Å². The minimum atomic E-state index is -4.81. The molecule has 0 spiro atoms. The molecule has 0 unspecified atom stereocenters.